The van der Waals surface area contributed by atoms with Gasteiger partial charge in [-0.1, -0.05) is 6.92 Å². The SMILES string of the molecule is CCC(=O)Nc1cc2c(nc(C)n2C)c(O)c1CN(C)C. The number of rotatable bonds is 4. The molecular weight excluding hydrogens is 268 g/mol. The molecule has 0 aliphatic rings. The molecule has 114 valence electrons. The van der Waals surface area contributed by atoms with E-state index in [4.69, 9.17) is 0 Å². The van der Waals surface area contributed by atoms with Crippen molar-refractivity contribution in [3.8, 4) is 5.75 Å². The molecule has 0 aliphatic heterocycles. The molecule has 1 heterocycles. The van der Waals surface area contributed by atoms with Crippen LogP contribution in [-0.4, -0.2) is 39.6 Å². The van der Waals surface area contributed by atoms with Crippen LogP contribution in [0.25, 0.3) is 11.0 Å². The van der Waals surface area contributed by atoms with Crippen LogP contribution in [-0.2, 0) is 18.4 Å². The first-order valence-electron chi connectivity index (χ1n) is 6.97. The highest BCUT2D eigenvalue weighted by Crippen LogP contribution is 2.35. The largest absolute Gasteiger partial charge is 0.505 e. The molecule has 0 saturated carbocycles. The first kappa shape index (κ1) is 15.3. The van der Waals surface area contributed by atoms with Gasteiger partial charge in [-0.05, 0) is 27.1 Å². The van der Waals surface area contributed by atoms with Crippen molar-refractivity contribution in [3.63, 3.8) is 0 Å². The normalized spacial score (nSPS) is 11.3. The number of imidazole rings is 1. The Balaban J connectivity index is 2.66. The number of phenolic OH excluding ortho intramolecular Hbond substituents is 1. The second kappa shape index (κ2) is 5.73. The lowest BCUT2D eigenvalue weighted by Gasteiger charge is -2.17. The minimum Gasteiger partial charge on any atom is -0.505 e. The second-order valence-electron chi connectivity index (χ2n) is 5.48. The monoisotopic (exact) mass is 290 g/mol. The second-order valence-corrected chi connectivity index (χ2v) is 5.48. The number of amides is 1. The molecule has 0 spiro atoms. The van der Waals surface area contributed by atoms with Gasteiger partial charge >= 0.3 is 0 Å². The predicted octanol–water partition coefficient (Wildman–Crippen LogP) is 2.00. The van der Waals surface area contributed by atoms with Crippen LogP contribution in [0.5, 0.6) is 5.75 Å². The number of nitrogens with one attached hydrogen (secondary N) is 1. The zero-order valence-corrected chi connectivity index (χ0v) is 13.2. The van der Waals surface area contributed by atoms with Crippen LogP contribution >= 0.6 is 0 Å². The van der Waals surface area contributed by atoms with Crippen LogP contribution in [0.1, 0.15) is 24.7 Å². The molecule has 1 amide bonds. The Bertz CT molecular complexity index is 689. The van der Waals surface area contributed by atoms with Gasteiger partial charge < -0.3 is 19.9 Å². The van der Waals surface area contributed by atoms with E-state index >= 15 is 0 Å². The number of hydrogen-bond donors (Lipinski definition) is 2. The van der Waals surface area contributed by atoms with Crippen molar-refractivity contribution in [2.75, 3.05) is 19.4 Å². The van der Waals surface area contributed by atoms with E-state index in [1.165, 1.54) is 0 Å². The van der Waals surface area contributed by atoms with E-state index in [2.05, 4.69) is 10.3 Å². The average molecular weight is 290 g/mol. The fraction of sp³-hybridized carbons (Fsp3) is 0.467. The third-order valence-corrected chi connectivity index (χ3v) is 3.55. The van der Waals surface area contributed by atoms with Gasteiger partial charge in [0, 0.05) is 25.6 Å². The number of carbonyl (C=O) groups is 1. The average Bonchev–Trinajstić information content (AvgIpc) is 2.70. The first-order chi connectivity index (χ1) is 9.85. The van der Waals surface area contributed by atoms with E-state index in [9.17, 15) is 9.90 Å². The van der Waals surface area contributed by atoms with Gasteiger partial charge in [0.1, 0.15) is 17.1 Å². The number of aromatic nitrogens is 2. The summed E-state index contributed by atoms with van der Waals surface area (Å²) in [6.07, 6.45) is 0.393. The van der Waals surface area contributed by atoms with E-state index < -0.39 is 0 Å². The van der Waals surface area contributed by atoms with E-state index in [1.807, 2.05) is 43.6 Å². The number of nitrogens with zero attached hydrogens (tertiary/aromatic N) is 3. The van der Waals surface area contributed by atoms with Gasteiger partial charge in [0.25, 0.3) is 0 Å². The van der Waals surface area contributed by atoms with Gasteiger partial charge in [0.05, 0.1) is 11.2 Å². The first-order valence-corrected chi connectivity index (χ1v) is 6.97. The van der Waals surface area contributed by atoms with E-state index in [0.717, 1.165) is 11.3 Å². The number of anilines is 1. The predicted molar refractivity (Wildman–Crippen MR) is 83.4 cm³/mol. The van der Waals surface area contributed by atoms with Crippen molar-refractivity contribution < 1.29 is 9.90 Å². The fourth-order valence-corrected chi connectivity index (χ4v) is 2.29. The number of benzene rings is 1. The molecule has 0 fully saturated rings. The lowest BCUT2D eigenvalue weighted by atomic mass is 10.1. The number of aromatic hydroxyl groups is 1. The van der Waals surface area contributed by atoms with Gasteiger partial charge in [-0.25, -0.2) is 4.98 Å². The number of carbonyl (C=O) groups excluding carboxylic acids is 1. The van der Waals surface area contributed by atoms with E-state index in [-0.39, 0.29) is 11.7 Å². The molecule has 6 heteroatoms. The minimum atomic E-state index is -0.0763. The maximum absolute atomic E-state index is 11.7. The van der Waals surface area contributed by atoms with Crippen molar-refractivity contribution in [1.82, 2.24) is 14.5 Å². The Kier molecular flexibility index (Phi) is 4.18. The maximum Gasteiger partial charge on any atom is 0.224 e. The highest BCUT2D eigenvalue weighted by molar-refractivity contribution is 5.96. The van der Waals surface area contributed by atoms with Gasteiger partial charge in [0.2, 0.25) is 5.91 Å². The van der Waals surface area contributed by atoms with Crippen LogP contribution in [0.15, 0.2) is 6.07 Å². The Morgan fingerprint density at radius 2 is 2.14 bits per heavy atom. The molecule has 2 aromatic rings. The lowest BCUT2D eigenvalue weighted by Crippen LogP contribution is -2.16. The highest BCUT2D eigenvalue weighted by Gasteiger charge is 2.18. The Morgan fingerprint density at radius 1 is 1.48 bits per heavy atom. The smallest absolute Gasteiger partial charge is 0.224 e. The van der Waals surface area contributed by atoms with E-state index in [0.29, 0.717) is 29.7 Å². The fourth-order valence-electron chi connectivity index (χ4n) is 2.29. The van der Waals surface area contributed by atoms with Crippen LogP contribution in [0.2, 0.25) is 0 Å². The number of hydrogen-bond acceptors (Lipinski definition) is 4. The standard InChI is InChI=1S/C15H22N4O2/c1-6-13(20)17-11-7-12-14(16-9(2)19(12)5)15(21)10(11)8-18(3)4/h7,21H,6,8H2,1-5H3,(H,17,20). The van der Waals surface area contributed by atoms with Crippen LogP contribution in [0.4, 0.5) is 5.69 Å². The van der Waals surface area contributed by atoms with E-state index in [1.54, 1.807) is 6.92 Å². The number of phenols is 1. The Hall–Kier alpha value is -2.08. The summed E-state index contributed by atoms with van der Waals surface area (Å²) >= 11 is 0. The summed E-state index contributed by atoms with van der Waals surface area (Å²) in [4.78, 5) is 18.1. The molecule has 6 nitrogen and oxygen atoms in total. The lowest BCUT2D eigenvalue weighted by molar-refractivity contribution is -0.115. The molecule has 1 aromatic heterocycles. The zero-order valence-electron chi connectivity index (χ0n) is 13.2. The van der Waals surface area contributed by atoms with Crippen LogP contribution in [0.3, 0.4) is 0 Å². The summed E-state index contributed by atoms with van der Waals surface area (Å²) in [5.41, 5.74) is 2.70. The maximum atomic E-state index is 11.7. The summed E-state index contributed by atoms with van der Waals surface area (Å²) in [5.74, 6) is 0.874. The Morgan fingerprint density at radius 3 is 2.71 bits per heavy atom. The van der Waals surface area contributed by atoms with Crippen LogP contribution in [0, 0.1) is 6.92 Å². The summed E-state index contributed by atoms with van der Waals surface area (Å²) in [7, 11) is 5.72. The number of aryl methyl sites for hydroxylation is 2. The van der Waals surface area contributed by atoms with Crippen molar-refractivity contribution in [3.05, 3.63) is 17.5 Å². The Labute approximate surface area is 124 Å². The minimum absolute atomic E-state index is 0.0763. The summed E-state index contributed by atoms with van der Waals surface area (Å²) in [5, 5.41) is 13.4. The van der Waals surface area contributed by atoms with Gasteiger partial charge in [0.15, 0.2) is 0 Å². The van der Waals surface area contributed by atoms with Crippen LogP contribution < -0.4 is 5.32 Å². The molecule has 2 N–H and O–H groups in total. The summed E-state index contributed by atoms with van der Waals surface area (Å²) < 4.78 is 1.90. The molecule has 0 atom stereocenters. The van der Waals surface area contributed by atoms with Gasteiger partial charge in [-0.15, -0.1) is 0 Å². The molecule has 0 bridgehead atoms. The number of fused-ring (bicyclic) bond motifs is 1. The third kappa shape index (κ3) is 2.85. The highest BCUT2D eigenvalue weighted by atomic mass is 16.3. The molecule has 0 saturated heterocycles. The van der Waals surface area contributed by atoms with Crippen molar-refractivity contribution in [2.24, 2.45) is 7.05 Å². The quantitative estimate of drug-likeness (QED) is 0.903. The molecule has 0 radical (unpaired) electrons. The zero-order chi connectivity index (χ0) is 15.7. The van der Waals surface area contributed by atoms with Gasteiger partial charge in [-0.3, -0.25) is 4.79 Å². The van der Waals surface area contributed by atoms with Crippen molar-refractivity contribution in [2.45, 2.75) is 26.8 Å². The third-order valence-electron chi connectivity index (χ3n) is 3.55. The molecule has 0 unspecified atom stereocenters. The molecular formula is C15H22N4O2. The van der Waals surface area contributed by atoms with Crippen molar-refractivity contribution >= 4 is 22.6 Å². The topological polar surface area (TPSA) is 70.4 Å². The summed E-state index contributed by atoms with van der Waals surface area (Å²) in [6.45, 7) is 4.21. The molecule has 0 aliphatic carbocycles. The van der Waals surface area contributed by atoms with Crippen molar-refractivity contribution in [1.29, 1.82) is 0 Å². The summed E-state index contributed by atoms with van der Waals surface area (Å²) in [6, 6.07) is 1.88. The molecule has 21 heavy (non-hydrogen) atoms. The molecule has 2 rings (SSSR count). The van der Waals surface area contributed by atoms with Gasteiger partial charge in [-0.2, -0.15) is 0 Å². The molecule has 1 aromatic carbocycles.